The first-order chi connectivity index (χ1) is 7.31. The van der Waals surface area contributed by atoms with E-state index in [2.05, 4.69) is 11.1 Å². The van der Waals surface area contributed by atoms with Gasteiger partial charge in [-0.05, 0) is 18.9 Å². The van der Waals surface area contributed by atoms with Crippen molar-refractivity contribution in [2.24, 2.45) is 0 Å². The van der Waals surface area contributed by atoms with Crippen LogP contribution in [0.5, 0.6) is 0 Å². The number of anilines is 1. The number of nitrogens with two attached hydrogens (primary N) is 1. The van der Waals surface area contributed by atoms with Gasteiger partial charge in [-0.25, -0.2) is 4.98 Å². The first-order valence-corrected chi connectivity index (χ1v) is 6.00. The predicted molar refractivity (Wildman–Crippen MR) is 61.5 cm³/mol. The minimum Gasteiger partial charge on any atom is -0.395 e. The number of nitrogen functional groups attached to an aromatic ring is 1. The van der Waals surface area contributed by atoms with Crippen molar-refractivity contribution >= 4 is 17.4 Å². The van der Waals surface area contributed by atoms with Crippen molar-refractivity contribution in [1.82, 2.24) is 4.98 Å². The van der Waals surface area contributed by atoms with E-state index in [9.17, 15) is 0 Å². The van der Waals surface area contributed by atoms with Crippen molar-refractivity contribution in [3.8, 4) is 6.07 Å². The zero-order valence-electron chi connectivity index (χ0n) is 8.44. The SMILES string of the molecule is N#Cc1ccnc(SC2CCCC2)c1N. The van der Waals surface area contributed by atoms with Crippen LogP contribution in [0.15, 0.2) is 17.3 Å². The molecule has 4 heteroatoms. The van der Waals surface area contributed by atoms with Crippen LogP contribution in [0.1, 0.15) is 31.2 Å². The number of rotatable bonds is 2. The van der Waals surface area contributed by atoms with Crippen molar-refractivity contribution in [3.05, 3.63) is 17.8 Å². The van der Waals surface area contributed by atoms with Crippen LogP contribution in [0, 0.1) is 11.3 Å². The second-order valence-electron chi connectivity index (χ2n) is 3.71. The number of nitriles is 1. The Morgan fingerprint density at radius 3 is 2.87 bits per heavy atom. The fourth-order valence-electron chi connectivity index (χ4n) is 1.81. The minimum absolute atomic E-state index is 0.533. The van der Waals surface area contributed by atoms with Crippen LogP contribution >= 0.6 is 11.8 Å². The Morgan fingerprint density at radius 1 is 1.47 bits per heavy atom. The molecule has 15 heavy (non-hydrogen) atoms. The number of nitrogens with zero attached hydrogens (tertiary/aromatic N) is 2. The lowest BCUT2D eigenvalue weighted by Gasteiger charge is -2.10. The standard InChI is InChI=1S/C11H13N3S/c12-7-8-5-6-14-11(10(8)13)15-9-3-1-2-4-9/h5-6,9H,1-4,13H2. The first-order valence-electron chi connectivity index (χ1n) is 5.12. The fraction of sp³-hybridized carbons (Fsp3) is 0.455. The van der Waals surface area contributed by atoms with Crippen LogP contribution < -0.4 is 5.73 Å². The highest BCUT2D eigenvalue weighted by Crippen LogP contribution is 2.36. The van der Waals surface area contributed by atoms with Gasteiger partial charge in [-0.15, -0.1) is 11.8 Å². The molecule has 0 atom stereocenters. The van der Waals surface area contributed by atoms with Gasteiger partial charge in [0.2, 0.25) is 0 Å². The lowest BCUT2D eigenvalue weighted by Crippen LogP contribution is -2.00. The maximum Gasteiger partial charge on any atom is 0.121 e. The largest absolute Gasteiger partial charge is 0.395 e. The third kappa shape index (κ3) is 2.24. The van der Waals surface area contributed by atoms with Crippen molar-refractivity contribution in [1.29, 1.82) is 5.26 Å². The third-order valence-corrected chi connectivity index (χ3v) is 4.01. The Morgan fingerprint density at radius 2 is 2.20 bits per heavy atom. The van der Waals surface area contributed by atoms with E-state index in [1.165, 1.54) is 25.7 Å². The molecule has 2 N–H and O–H groups in total. The summed E-state index contributed by atoms with van der Waals surface area (Å²) in [6, 6.07) is 3.74. The Balaban J connectivity index is 2.17. The molecule has 0 unspecified atom stereocenters. The van der Waals surface area contributed by atoms with E-state index in [0.29, 0.717) is 16.5 Å². The molecule has 3 nitrogen and oxygen atoms in total. The summed E-state index contributed by atoms with van der Waals surface area (Å²) in [5, 5.41) is 10.3. The monoisotopic (exact) mass is 219 g/mol. The van der Waals surface area contributed by atoms with E-state index in [1.54, 1.807) is 24.0 Å². The molecule has 1 saturated carbocycles. The second kappa shape index (κ2) is 4.54. The summed E-state index contributed by atoms with van der Waals surface area (Å²) in [4.78, 5) is 4.24. The van der Waals surface area contributed by atoms with Gasteiger partial charge in [-0.3, -0.25) is 0 Å². The fourth-order valence-corrected chi connectivity index (χ4v) is 3.05. The minimum atomic E-state index is 0.533. The van der Waals surface area contributed by atoms with E-state index in [-0.39, 0.29) is 0 Å². The quantitative estimate of drug-likeness (QED) is 0.830. The lowest BCUT2D eigenvalue weighted by molar-refractivity contribution is 0.886. The molecule has 0 saturated heterocycles. The zero-order valence-corrected chi connectivity index (χ0v) is 9.26. The molecular formula is C11H13N3S. The van der Waals surface area contributed by atoms with Crippen LogP contribution in [0.25, 0.3) is 0 Å². The van der Waals surface area contributed by atoms with Crippen LogP contribution in [0.4, 0.5) is 5.69 Å². The molecule has 78 valence electrons. The molecule has 0 radical (unpaired) electrons. The van der Waals surface area contributed by atoms with Crippen molar-refractivity contribution in [2.75, 3.05) is 5.73 Å². The van der Waals surface area contributed by atoms with E-state index in [4.69, 9.17) is 11.0 Å². The first kappa shape index (κ1) is 10.3. The summed E-state index contributed by atoms with van der Waals surface area (Å²) in [5.41, 5.74) is 6.94. The summed E-state index contributed by atoms with van der Waals surface area (Å²) in [6.45, 7) is 0. The van der Waals surface area contributed by atoms with Gasteiger partial charge in [0.25, 0.3) is 0 Å². The highest BCUT2D eigenvalue weighted by atomic mass is 32.2. The van der Waals surface area contributed by atoms with Crippen LogP contribution in [-0.4, -0.2) is 10.2 Å². The molecule has 2 rings (SSSR count). The molecule has 1 fully saturated rings. The normalized spacial score (nSPS) is 16.5. The summed E-state index contributed by atoms with van der Waals surface area (Å²) < 4.78 is 0. The molecule has 0 aliphatic heterocycles. The van der Waals surface area contributed by atoms with Crippen LogP contribution in [0.3, 0.4) is 0 Å². The molecule has 0 bridgehead atoms. The number of pyridine rings is 1. The van der Waals surface area contributed by atoms with Gasteiger partial charge in [0.15, 0.2) is 0 Å². The Bertz CT molecular complexity index is 391. The number of hydrogen-bond donors (Lipinski definition) is 1. The molecule has 0 aromatic carbocycles. The topological polar surface area (TPSA) is 62.7 Å². The predicted octanol–water partition coefficient (Wildman–Crippen LogP) is 2.57. The molecular weight excluding hydrogens is 206 g/mol. The van der Waals surface area contributed by atoms with Crippen molar-refractivity contribution in [2.45, 2.75) is 36.0 Å². The van der Waals surface area contributed by atoms with Gasteiger partial charge in [-0.1, -0.05) is 12.8 Å². The summed E-state index contributed by atoms with van der Waals surface area (Å²) >= 11 is 1.72. The maximum absolute atomic E-state index is 8.84. The Hall–Kier alpha value is -1.21. The number of aromatic nitrogens is 1. The molecule has 1 aromatic heterocycles. The molecule has 1 aromatic rings. The van der Waals surface area contributed by atoms with Crippen molar-refractivity contribution in [3.63, 3.8) is 0 Å². The molecule has 1 heterocycles. The Labute approximate surface area is 93.7 Å². The van der Waals surface area contributed by atoms with Gasteiger partial charge in [0.1, 0.15) is 11.1 Å². The smallest absolute Gasteiger partial charge is 0.121 e. The van der Waals surface area contributed by atoms with Gasteiger partial charge in [0.05, 0.1) is 11.3 Å². The van der Waals surface area contributed by atoms with Gasteiger partial charge in [-0.2, -0.15) is 5.26 Å². The molecule has 1 aliphatic rings. The van der Waals surface area contributed by atoms with Gasteiger partial charge in [0, 0.05) is 11.4 Å². The van der Waals surface area contributed by atoms with E-state index in [0.717, 1.165) is 5.03 Å². The summed E-state index contributed by atoms with van der Waals surface area (Å²) in [5.74, 6) is 0. The second-order valence-corrected chi connectivity index (χ2v) is 5.00. The number of hydrogen-bond acceptors (Lipinski definition) is 4. The molecule has 0 amide bonds. The molecule has 0 spiro atoms. The van der Waals surface area contributed by atoms with E-state index < -0.39 is 0 Å². The van der Waals surface area contributed by atoms with Crippen LogP contribution in [-0.2, 0) is 0 Å². The molecule has 1 aliphatic carbocycles. The highest BCUT2D eigenvalue weighted by molar-refractivity contribution is 8.00. The van der Waals surface area contributed by atoms with Gasteiger partial charge >= 0.3 is 0 Å². The highest BCUT2D eigenvalue weighted by Gasteiger charge is 2.18. The summed E-state index contributed by atoms with van der Waals surface area (Å²) in [6.07, 6.45) is 6.74. The van der Waals surface area contributed by atoms with E-state index in [1.807, 2.05) is 0 Å². The average Bonchev–Trinajstić information content (AvgIpc) is 2.74. The maximum atomic E-state index is 8.84. The summed E-state index contributed by atoms with van der Waals surface area (Å²) in [7, 11) is 0. The zero-order chi connectivity index (χ0) is 10.7. The average molecular weight is 219 g/mol. The number of thioether (sulfide) groups is 1. The van der Waals surface area contributed by atoms with Crippen molar-refractivity contribution < 1.29 is 0 Å². The van der Waals surface area contributed by atoms with E-state index >= 15 is 0 Å². The Kier molecular flexibility index (Phi) is 3.12. The van der Waals surface area contributed by atoms with Gasteiger partial charge < -0.3 is 5.73 Å². The lowest BCUT2D eigenvalue weighted by atomic mass is 10.2. The van der Waals surface area contributed by atoms with Crippen LogP contribution in [0.2, 0.25) is 0 Å². The third-order valence-electron chi connectivity index (χ3n) is 2.65.